The number of morpholine rings is 1. The quantitative estimate of drug-likeness (QED) is 0.523. The number of fused-ring (bicyclic) bond motifs is 1. The van der Waals surface area contributed by atoms with E-state index in [2.05, 4.69) is 20.8 Å². The summed E-state index contributed by atoms with van der Waals surface area (Å²) in [5.41, 5.74) is 5.95. The minimum Gasteiger partial charge on any atom is -0.370 e. The fraction of sp³-hybridized carbons (Fsp3) is 0.458. The van der Waals surface area contributed by atoms with Gasteiger partial charge in [0.2, 0.25) is 5.95 Å². The molecule has 2 fully saturated rings. The van der Waals surface area contributed by atoms with E-state index in [-0.39, 0.29) is 12.5 Å². The van der Waals surface area contributed by atoms with Gasteiger partial charge in [0, 0.05) is 35.0 Å². The van der Waals surface area contributed by atoms with Crippen LogP contribution < -0.4 is 4.90 Å². The molecule has 176 valence electrons. The van der Waals surface area contributed by atoms with E-state index in [1.54, 1.807) is 0 Å². The SMILES string of the molecule is Cc1ccc2c(C3=C=CC(C(F)(F)F)C3)nc(N3CCOC(c4cnn(C5CC5)c4)C3)nc2n1. The molecule has 0 spiro atoms. The highest BCUT2D eigenvalue weighted by molar-refractivity contribution is 5.89. The molecule has 0 aromatic carbocycles. The Balaban J connectivity index is 1.33. The van der Waals surface area contributed by atoms with Crippen LogP contribution in [-0.4, -0.2) is 50.6 Å². The summed E-state index contributed by atoms with van der Waals surface area (Å²) in [5, 5.41) is 5.09. The third kappa shape index (κ3) is 3.97. The number of hydrogen-bond acceptors (Lipinski definition) is 6. The van der Waals surface area contributed by atoms with E-state index in [9.17, 15) is 13.2 Å². The van der Waals surface area contributed by atoms with Crippen molar-refractivity contribution in [1.29, 1.82) is 0 Å². The number of hydrogen-bond donors (Lipinski definition) is 0. The van der Waals surface area contributed by atoms with Gasteiger partial charge >= 0.3 is 6.18 Å². The predicted molar refractivity (Wildman–Crippen MR) is 119 cm³/mol. The van der Waals surface area contributed by atoms with Crippen molar-refractivity contribution in [1.82, 2.24) is 24.7 Å². The van der Waals surface area contributed by atoms with Crippen molar-refractivity contribution in [2.24, 2.45) is 5.92 Å². The van der Waals surface area contributed by atoms with E-state index < -0.39 is 12.1 Å². The molecule has 0 bridgehead atoms. The zero-order chi connectivity index (χ0) is 23.4. The van der Waals surface area contributed by atoms with Crippen molar-refractivity contribution in [3.63, 3.8) is 0 Å². The Morgan fingerprint density at radius 2 is 2.00 bits per heavy atom. The summed E-state index contributed by atoms with van der Waals surface area (Å²) < 4.78 is 47.9. The minimum absolute atomic E-state index is 0.185. The number of anilines is 1. The lowest BCUT2D eigenvalue weighted by molar-refractivity contribution is -0.158. The topological polar surface area (TPSA) is 69.0 Å². The number of allylic oxidation sites excluding steroid dienone is 1. The maximum Gasteiger partial charge on any atom is 0.396 e. The van der Waals surface area contributed by atoms with Crippen LogP contribution in [0.3, 0.4) is 0 Å². The zero-order valence-electron chi connectivity index (χ0n) is 18.6. The Bertz CT molecular complexity index is 1320. The Morgan fingerprint density at radius 1 is 1.15 bits per heavy atom. The Kier molecular flexibility index (Phi) is 4.97. The molecule has 2 atom stereocenters. The third-order valence-electron chi connectivity index (χ3n) is 6.54. The summed E-state index contributed by atoms with van der Waals surface area (Å²) in [6.07, 6.45) is 2.59. The van der Waals surface area contributed by atoms with E-state index >= 15 is 0 Å². The molecule has 0 amide bonds. The van der Waals surface area contributed by atoms with Gasteiger partial charge in [0.05, 0.1) is 37.0 Å². The maximum absolute atomic E-state index is 13.3. The molecule has 3 aliphatic rings. The molecule has 2 aliphatic carbocycles. The van der Waals surface area contributed by atoms with E-state index in [1.165, 1.54) is 0 Å². The number of nitrogens with zero attached hydrogens (tertiary/aromatic N) is 6. The van der Waals surface area contributed by atoms with Crippen LogP contribution in [0.25, 0.3) is 16.6 Å². The normalized spacial score (nSPS) is 23.1. The second-order valence-corrected chi connectivity index (χ2v) is 9.13. The molecule has 10 heteroatoms. The van der Waals surface area contributed by atoms with E-state index in [1.807, 2.05) is 41.0 Å². The molecule has 0 N–H and O–H groups in total. The number of ether oxygens (including phenoxy) is 1. The number of halogens is 3. The van der Waals surface area contributed by atoms with Crippen LogP contribution >= 0.6 is 0 Å². The lowest BCUT2D eigenvalue weighted by Crippen LogP contribution is -2.39. The lowest BCUT2D eigenvalue weighted by Gasteiger charge is -2.32. The molecule has 4 heterocycles. The molecule has 2 unspecified atom stereocenters. The number of rotatable bonds is 4. The van der Waals surface area contributed by atoms with Crippen molar-refractivity contribution in [3.05, 3.63) is 53.3 Å². The Hall–Kier alpha value is -3.23. The number of aromatic nitrogens is 5. The van der Waals surface area contributed by atoms with Crippen molar-refractivity contribution >= 4 is 22.6 Å². The Labute approximate surface area is 194 Å². The number of pyridine rings is 1. The van der Waals surface area contributed by atoms with Crippen LogP contribution in [0.4, 0.5) is 19.1 Å². The van der Waals surface area contributed by atoms with Crippen molar-refractivity contribution in [3.8, 4) is 0 Å². The van der Waals surface area contributed by atoms with Crippen LogP contribution in [0.1, 0.15) is 48.4 Å². The fourth-order valence-corrected chi connectivity index (χ4v) is 4.47. The first-order valence-corrected chi connectivity index (χ1v) is 11.4. The van der Waals surface area contributed by atoms with Gasteiger partial charge in [-0.3, -0.25) is 4.68 Å². The van der Waals surface area contributed by atoms with E-state index in [4.69, 9.17) is 9.72 Å². The Morgan fingerprint density at radius 3 is 2.76 bits per heavy atom. The summed E-state index contributed by atoms with van der Waals surface area (Å²) in [6, 6.07) is 4.13. The van der Waals surface area contributed by atoms with Gasteiger partial charge in [0.15, 0.2) is 5.65 Å². The highest BCUT2D eigenvalue weighted by Gasteiger charge is 2.40. The molecule has 6 rings (SSSR count). The zero-order valence-corrected chi connectivity index (χ0v) is 18.6. The average molecular weight is 468 g/mol. The largest absolute Gasteiger partial charge is 0.396 e. The van der Waals surface area contributed by atoms with Gasteiger partial charge < -0.3 is 9.64 Å². The first kappa shape index (κ1) is 21.3. The number of aryl methyl sites for hydroxylation is 1. The molecule has 1 saturated heterocycles. The van der Waals surface area contributed by atoms with Crippen molar-refractivity contribution < 1.29 is 17.9 Å². The average Bonchev–Trinajstić information content (AvgIpc) is 3.32. The van der Waals surface area contributed by atoms with Crippen LogP contribution in [0.2, 0.25) is 0 Å². The maximum atomic E-state index is 13.3. The summed E-state index contributed by atoms with van der Waals surface area (Å²) >= 11 is 0. The van der Waals surface area contributed by atoms with Crippen LogP contribution in [-0.2, 0) is 4.74 Å². The highest BCUT2D eigenvalue weighted by Crippen LogP contribution is 2.40. The molecule has 3 aromatic heterocycles. The molecule has 1 aliphatic heterocycles. The standard InChI is InChI=1S/C24H23F3N6O/c1-14-2-7-19-21(15-3-4-17(10-15)24(25,26)27)30-23(31-22(19)29-14)32-8-9-34-20(13-32)16-11-28-33(12-16)18-5-6-18/h2,4,7,11-12,17-18,20H,5-6,8-10,13H2,1H3. The molecule has 7 nitrogen and oxygen atoms in total. The molecule has 1 saturated carbocycles. The van der Waals surface area contributed by atoms with Crippen molar-refractivity contribution in [2.45, 2.75) is 44.5 Å². The predicted octanol–water partition coefficient (Wildman–Crippen LogP) is 4.56. The highest BCUT2D eigenvalue weighted by atomic mass is 19.4. The van der Waals surface area contributed by atoms with E-state index in [0.29, 0.717) is 54.0 Å². The fourth-order valence-electron chi connectivity index (χ4n) is 4.47. The van der Waals surface area contributed by atoms with Gasteiger partial charge in [-0.15, -0.1) is 5.73 Å². The molecule has 0 radical (unpaired) electrons. The second-order valence-electron chi connectivity index (χ2n) is 9.13. The first-order valence-electron chi connectivity index (χ1n) is 11.4. The lowest BCUT2D eigenvalue weighted by atomic mass is 10.0. The second kappa shape index (κ2) is 7.92. The van der Waals surface area contributed by atoms with Crippen LogP contribution in [0, 0.1) is 12.8 Å². The molecule has 34 heavy (non-hydrogen) atoms. The summed E-state index contributed by atoms with van der Waals surface area (Å²) in [7, 11) is 0. The van der Waals surface area contributed by atoms with Crippen LogP contribution in [0.5, 0.6) is 0 Å². The molecular weight excluding hydrogens is 445 g/mol. The first-order chi connectivity index (χ1) is 16.3. The van der Waals surface area contributed by atoms with Crippen molar-refractivity contribution in [2.75, 3.05) is 24.6 Å². The van der Waals surface area contributed by atoms with Gasteiger partial charge in [-0.25, -0.2) is 9.97 Å². The minimum atomic E-state index is -4.31. The van der Waals surface area contributed by atoms with Gasteiger partial charge in [-0.2, -0.15) is 23.3 Å². The summed E-state index contributed by atoms with van der Waals surface area (Å²) in [5.74, 6) is -1.11. The molecule has 3 aromatic rings. The van der Waals surface area contributed by atoms with Gasteiger partial charge in [0.1, 0.15) is 6.10 Å². The third-order valence-corrected chi connectivity index (χ3v) is 6.54. The summed E-state index contributed by atoms with van der Waals surface area (Å²) in [6.45, 7) is 3.44. The van der Waals surface area contributed by atoms with Gasteiger partial charge in [0.25, 0.3) is 0 Å². The monoisotopic (exact) mass is 468 g/mol. The van der Waals surface area contributed by atoms with Gasteiger partial charge in [-0.1, -0.05) is 0 Å². The van der Waals surface area contributed by atoms with Crippen LogP contribution in [0.15, 0.2) is 36.3 Å². The number of alkyl halides is 3. The van der Waals surface area contributed by atoms with E-state index in [0.717, 1.165) is 30.2 Å². The summed E-state index contributed by atoms with van der Waals surface area (Å²) in [4.78, 5) is 16.0. The molecular formula is C24H23F3N6O. The smallest absolute Gasteiger partial charge is 0.370 e. The van der Waals surface area contributed by atoms with Gasteiger partial charge in [-0.05, 0) is 44.4 Å².